The minimum atomic E-state index is -0.632. The number of hydrogen-bond donors (Lipinski definition) is 3. The van der Waals surface area contributed by atoms with Crippen LogP contribution in [0.1, 0.15) is 29.2 Å². The Kier molecular flexibility index (Phi) is 4.56. The third-order valence-electron chi connectivity index (χ3n) is 5.81. The van der Waals surface area contributed by atoms with Gasteiger partial charge in [0.25, 0.3) is 5.91 Å². The number of fused-ring (bicyclic) bond motifs is 1. The smallest absolute Gasteiger partial charge is 0.271 e. The van der Waals surface area contributed by atoms with Gasteiger partial charge in [0.05, 0.1) is 17.8 Å². The molecule has 0 aliphatic carbocycles. The summed E-state index contributed by atoms with van der Waals surface area (Å²) in [5.74, 6) is 0.154. The Labute approximate surface area is 173 Å². The normalized spacial score (nSPS) is 19.5. The lowest BCUT2D eigenvalue weighted by atomic mass is 10.0. The molecule has 3 aromatic rings. The summed E-state index contributed by atoms with van der Waals surface area (Å²) in [5, 5.41) is 18.6. The van der Waals surface area contributed by atoms with E-state index >= 15 is 0 Å². The summed E-state index contributed by atoms with van der Waals surface area (Å²) in [7, 11) is 1.87. The molecule has 1 saturated heterocycles. The zero-order valence-corrected chi connectivity index (χ0v) is 16.8. The van der Waals surface area contributed by atoms with Crippen molar-refractivity contribution in [3.63, 3.8) is 0 Å². The fraction of sp³-hybridized carbons (Fsp3) is 0.381. The molecule has 1 unspecified atom stereocenters. The van der Waals surface area contributed by atoms with Crippen LogP contribution in [0.3, 0.4) is 0 Å². The van der Waals surface area contributed by atoms with Gasteiger partial charge in [-0.05, 0) is 31.5 Å². The summed E-state index contributed by atoms with van der Waals surface area (Å²) in [6.45, 7) is 2.79. The largest absolute Gasteiger partial charge is 0.436 e. The molecule has 1 fully saturated rings. The molecule has 2 aliphatic heterocycles. The molecule has 1 aromatic carbocycles. The number of carbonyl (C=O) groups excluding carboxylic acids is 1. The van der Waals surface area contributed by atoms with Gasteiger partial charge in [0.15, 0.2) is 11.5 Å². The molecule has 0 spiro atoms. The van der Waals surface area contributed by atoms with E-state index in [9.17, 15) is 9.90 Å². The van der Waals surface area contributed by atoms with Gasteiger partial charge in [-0.3, -0.25) is 9.48 Å². The minimum Gasteiger partial charge on any atom is -0.436 e. The SMILES string of the molecule is Cn1ncc2cc(N3CCC(O)C3)c(-c3oc(C4=CCNCC4)nc3C(N)=O)cc21. The maximum Gasteiger partial charge on any atom is 0.271 e. The van der Waals surface area contributed by atoms with E-state index in [1.54, 1.807) is 10.9 Å². The summed E-state index contributed by atoms with van der Waals surface area (Å²) < 4.78 is 7.94. The molecule has 1 atom stereocenters. The molecule has 0 saturated carbocycles. The minimum absolute atomic E-state index is 0.118. The van der Waals surface area contributed by atoms with Gasteiger partial charge < -0.3 is 25.5 Å². The van der Waals surface area contributed by atoms with Crippen LogP contribution in [0.5, 0.6) is 0 Å². The lowest BCUT2D eigenvalue weighted by Crippen LogP contribution is -2.22. The van der Waals surface area contributed by atoms with E-state index in [0.29, 0.717) is 31.2 Å². The topological polar surface area (TPSA) is 122 Å². The molecule has 4 heterocycles. The molecular formula is C21H24N6O3. The maximum absolute atomic E-state index is 12.3. The molecule has 0 bridgehead atoms. The van der Waals surface area contributed by atoms with Gasteiger partial charge in [-0.25, -0.2) is 4.98 Å². The van der Waals surface area contributed by atoms with Crippen molar-refractivity contribution < 1.29 is 14.3 Å². The van der Waals surface area contributed by atoms with E-state index in [2.05, 4.69) is 20.3 Å². The van der Waals surface area contributed by atoms with E-state index in [0.717, 1.165) is 47.2 Å². The highest BCUT2D eigenvalue weighted by Crippen LogP contribution is 2.39. The van der Waals surface area contributed by atoms with Crippen molar-refractivity contribution in [2.45, 2.75) is 18.9 Å². The number of nitrogens with one attached hydrogen (secondary N) is 1. The number of β-amino-alcohol motifs (C(OH)–C–C–N with tert-alkyl or cyclic N) is 1. The number of benzene rings is 1. The summed E-state index contributed by atoms with van der Waals surface area (Å²) in [6, 6.07) is 3.97. The molecule has 156 valence electrons. The van der Waals surface area contributed by atoms with Crippen molar-refractivity contribution in [2.75, 3.05) is 31.1 Å². The number of aliphatic hydroxyl groups is 1. The molecule has 2 aromatic heterocycles. The van der Waals surface area contributed by atoms with E-state index in [4.69, 9.17) is 10.2 Å². The van der Waals surface area contributed by atoms with Crippen LogP contribution in [-0.4, -0.2) is 58.1 Å². The molecule has 1 amide bonds. The number of anilines is 1. The van der Waals surface area contributed by atoms with E-state index < -0.39 is 5.91 Å². The first-order valence-corrected chi connectivity index (χ1v) is 10.1. The van der Waals surface area contributed by atoms with Gasteiger partial charge in [0.2, 0.25) is 5.89 Å². The second kappa shape index (κ2) is 7.26. The van der Waals surface area contributed by atoms with Gasteiger partial charge in [-0.1, -0.05) is 6.08 Å². The Balaban J connectivity index is 1.71. The summed E-state index contributed by atoms with van der Waals surface area (Å²) in [5.41, 5.74) is 9.26. The van der Waals surface area contributed by atoms with Crippen molar-refractivity contribution in [2.24, 2.45) is 12.8 Å². The fourth-order valence-corrected chi connectivity index (χ4v) is 4.22. The Morgan fingerprint density at radius 3 is 2.97 bits per heavy atom. The van der Waals surface area contributed by atoms with Crippen molar-refractivity contribution in [3.8, 4) is 11.3 Å². The molecule has 4 N–H and O–H groups in total. The first-order chi connectivity index (χ1) is 14.5. The zero-order chi connectivity index (χ0) is 20.8. The molecule has 0 radical (unpaired) electrons. The van der Waals surface area contributed by atoms with Gasteiger partial charge >= 0.3 is 0 Å². The number of hydrogen-bond acceptors (Lipinski definition) is 7. The highest BCUT2D eigenvalue weighted by molar-refractivity contribution is 6.01. The van der Waals surface area contributed by atoms with Gasteiger partial charge in [0, 0.05) is 48.9 Å². The van der Waals surface area contributed by atoms with Gasteiger partial charge in [-0.15, -0.1) is 0 Å². The zero-order valence-electron chi connectivity index (χ0n) is 16.8. The predicted octanol–water partition coefficient (Wildman–Crippen LogP) is 1.27. The fourth-order valence-electron chi connectivity index (χ4n) is 4.22. The summed E-state index contributed by atoms with van der Waals surface area (Å²) in [6.07, 6.45) is 4.89. The van der Waals surface area contributed by atoms with Crippen molar-refractivity contribution in [1.29, 1.82) is 0 Å². The van der Waals surface area contributed by atoms with Crippen molar-refractivity contribution >= 4 is 28.1 Å². The summed E-state index contributed by atoms with van der Waals surface area (Å²) >= 11 is 0. The van der Waals surface area contributed by atoms with Crippen LogP contribution in [0.15, 0.2) is 28.8 Å². The number of rotatable bonds is 4. The number of nitrogens with zero attached hydrogens (tertiary/aromatic N) is 4. The van der Waals surface area contributed by atoms with Gasteiger partial charge in [0.1, 0.15) is 0 Å². The lowest BCUT2D eigenvalue weighted by Gasteiger charge is -2.21. The van der Waals surface area contributed by atoms with E-state index in [1.807, 2.05) is 25.3 Å². The molecule has 5 rings (SSSR count). The second-order valence-electron chi connectivity index (χ2n) is 7.83. The van der Waals surface area contributed by atoms with Crippen LogP contribution < -0.4 is 16.0 Å². The standard InChI is InChI=1S/C21H24N6O3/c1-26-16-9-15(17(8-13(16)10-24-26)27-7-4-14(28)11-27)19-18(20(22)29)25-21(30-19)12-2-5-23-6-3-12/h2,8-10,14,23,28H,3-7,11H2,1H3,(H2,22,29). The number of carbonyl (C=O) groups is 1. The number of oxazole rings is 1. The van der Waals surface area contributed by atoms with Crippen LogP contribution in [0.25, 0.3) is 27.8 Å². The summed E-state index contributed by atoms with van der Waals surface area (Å²) in [4.78, 5) is 18.8. The van der Waals surface area contributed by atoms with Crippen LogP contribution >= 0.6 is 0 Å². The molecule has 9 nitrogen and oxygen atoms in total. The quantitative estimate of drug-likeness (QED) is 0.594. The molecule has 30 heavy (non-hydrogen) atoms. The highest BCUT2D eigenvalue weighted by Gasteiger charge is 2.29. The molecule has 2 aliphatic rings. The average molecular weight is 408 g/mol. The predicted molar refractivity (Wildman–Crippen MR) is 113 cm³/mol. The number of amides is 1. The Morgan fingerprint density at radius 1 is 1.40 bits per heavy atom. The highest BCUT2D eigenvalue weighted by atomic mass is 16.4. The monoisotopic (exact) mass is 408 g/mol. The Hall–Kier alpha value is -3.17. The first-order valence-electron chi connectivity index (χ1n) is 10.1. The van der Waals surface area contributed by atoms with E-state index in [-0.39, 0.29) is 11.8 Å². The van der Waals surface area contributed by atoms with Gasteiger partial charge in [-0.2, -0.15) is 5.10 Å². The number of primary amides is 1. The second-order valence-corrected chi connectivity index (χ2v) is 7.83. The first kappa shape index (κ1) is 18.8. The van der Waals surface area contributed by atoms with Crippen molar-refractivity contribution in [1.82, 2.24) is 20.1 Å². The number of nitrogens with two attached hydrogens (primary N) is 1. The average Bonchev–Trinajstić information content (AvgIpc) is 3.46. The van der Waals surface area contributed by atoms with Crippen LogP contribution in [-0.2, 0) is 7.05 Å². The molecule has 9 heteroatoms. The Morgan fingerprint density at radius 2 is 2.27 bits per heavy atom. The maximum atomic E-state index is 12.3. The number of aromatic nitrogens is 3. The third-order valence-corrected chi connectivity index (χ3v) is 5.81. The van der Waals surface area contributed by atoms with Crippen molar-refractivity contribution in [3.05, 3.63) is 36.0 Å². The van der Waals surface area contributed by atoms with E-state index in [1.165, 1.54) is 0 Å². The number of aryl methyl sites for hydroxylation is 1. The van der Waals surface area contributed by atoms with Crippen LogP contribution in [0.4, 0.5) is 5.69 Å². The third kappa shape index (κ3) is 3.16. The Bertz CT molecular complexity index is 1160. The lowest BCUT2D eigenvalue weighted by molar-refractivity contribution is 0.0996. The van der Waals surface area contributed by atoms with Crippen LogP contribution in [0, 0.1) is 0 Å². The van der Waals surface area contributed by atoms with Crippen LogP contribution in [0.2, 0.25) is 0 Å². The molecular weight excluding hydrogens is 384 g/mol. The number of aliphatic hydroxyl groups excluding tert-OH is 1.